The maximum absolute atomic E-state index is 10.3. The van der Waals surface area contributed by atoms with Gasteiger partial charge in [-0.1, -0.05) is 47.9 Å². The standard InChI is InChI=1S/C22H22BO3/c1-21(2,24)22(3,4)26-23-15-11-9-14-10-12-19-20(17(14)13-15)16-7-5-6-8-18(16)25-19/h5-13,24H,1-4H3. The first kappa shape index (κ1) is 17.1. The van der Waals surface area contributed by atoms with Gasteiger partial charge in [0.15, 0.2) is 0 Å². The number of benzene rings is 3. The van der Waals surface area contributed by atoms with Gasteiger partial charge in [0.2, 0.25) is 0 Å². The summed E-state index contributed by atoms with van der Waals surface area (Å²) in [5, 5.41) is 14.8. The third kappa shape index (κ3) is 2.79. The van der Waals surface area contributed by atoms with Gasteiger partial charge in [-0.25, -0.2) is 0 Å². The quantitative estimate of drug-likeness (QED) is 0.552. The lowest BCUT2D eigenvalue weighted by Crippen LogP contribution is -2.49. The number of hydrogen-bond acceptors (Lipinski definition) is 3. The Morgan fingerprint density at radius 3 is 2.38 bits per heavy atom. The Morgan fingerprint density at radius 2 is 1.62 bits per heavy atom. The van der Waals surface area contributed by atoms with Gasteiger partial charge in [-0.2, -0.15) is 0 Å². The van der Waals surface area contributed by atoms with Crippen LogP contribution in [0.5, 0.6) is 0 Å². The summed E-state index contributed by atoms with van der Waals surface area (Å²) in [5.74, 6) is 0. The van der Waals surface area contributed by atoms with E-state index < -0.39 is 11.2 Å². The largest absolute Gasteiger partial charge is 0.456 e. The summed E-state index contributed by atoms with van der Waals surface area (Å²) in [6.45, 7) is 7.27. The fraction of sp³-hybridized carbons (Fsp3) is 0.273. The summed E-state index contributed by atoms with van der Waals surface area (Å²) in [6.07, 6.45) is 0. The highest BCUT2D eigenvalue weighted by Gasteiger charge is 2.35. The average molecular weight is 345 g/mol. The molecule has 0 amide bonds. The van der Waals surface area contributed by atoms with Crippen LogP contribution in [0.3, 0.4) is 0 Å². The summed E-state index contributed by atoms with van der Waals surface area (Å²) in [5.41, 5.74) is 1.08. The van der Waals surface area contributed by atoms with E-state index in [-0.39, 0.29) is 0 Å². The molecular formula is C22H22BO3. The monoisotopic (exact) mass is 345 g/mol. The zero-order valence-corrected chi connectivity index (χ0v) is 15.5. The lowest BCUT2D eigenvalue weighted by Gasteiger charge is -2.37. The molecule has 0 saturated carbocycles. The van der Waals surface area contributed by atoms with Crippen molar-refractivity contribution in [3.05, 3.63) is 54.6 Å². The van der Waals surface area contributed by atoms with E-state index in [1.807, 2.05) is 44.2 Å². The number of rotatable bonds is 4. The van der Waals surface area contributed by atoms with Crippen molar-refractivity contribution in [2.24, 2.45) is 0 Å². The van der Waals surface area contributed by atoms with E-state index in [0.29, 0.717) is 0 Å². The third-order valence-corrected chi connectivity index (χ3v) is 5.35. The zero-order chi connectivity index (χ0) is 18.5. The molecule has 1 radical (unpaired) electrons. The van der Waals surface area contributed by atoms with Crippen LogP contribution in [0, 0.1) is 0 Å². The van der Waals surface area contributed by atoms with Crippen molar-refractivity contribution < 1.29 is 14.2 Å². The molecule has 4 rings (SSSR count). The highest BCUT2D eigenvalue weighted by molar-refractivity contribution is 6.47. The molecule has 0 fully saturated rings. The van der Waals surface area contributed by atoms with Crippen molar-refractivity contribution in [2.45, 2.75) is 38.9 Å². The summed E-state index contributed by atoms with van der Waals surface area (Å²) in [6, 6.07) is 18.4. The molecule has 0 bridgehead atoms. The lowest BCUT2D eigenvalue weighted by molar-refractivity contribution is -0.0893. The first-order chi connectivity index (χ1) is 12.3. The number of fused-ring (bicyclic) bond motifs is 5. The highest BCUT2D eigenvalue weighted by atomic mass is 16.5. The maximum atomic E-state index is 10.3. The highest BCUT2D eigenvalue weighted by Crippen LogP contribution is 2.34. The van der Waals surface area contributed by atoms with Gasteiger partial charge in [-0.05, 0) is 50.6 Å². The maximum Gasteiger partial charge on any atom is 0.330 e. The predicted octanol–water partition coefficient (Wildman–Crippen LogP) is 4.55. The molecular weight excluding hydrogens is 323 g/mol. The molecule has 1 heterocycles. The van der Waals surface area contributed by atoms with Crippen LogP contribution in [0.1, 0.15) is 27.7 Å². The lowest BCUT2D eigenvalue weighted by atomic mass is 9.81. The second-order valence-corrected chi connectivity index (χ2v) is 7.82. The van der Waals surface area contributed by atoms with Gasteiger partial charge in [0.25, 0.3) is 0 Å². The molecule has 1 N–H and O–H groups in total. The van der Waals surface area contributed by atoms with Gasteiger partial charge < -0.3 is 14.2 Å². The molecule has 3 nitrogen and oxygen atoms in total. The van der Waals surface area contributed by atoms with Crippen LogP contribution in [0.2, 0.25) is 0 Å². The molecule has 0 aliphatic rings. The molecule has 4 heteroatoms. The Labute approximate surface area is 153 Å². The van der Waals surface area contributed by atoms with Crippen LogP contribution >= 0.6 is 0 Å². The van der Waals surface area contributed by atoms with E-state index in [1.165, 1.54) is 0 Å². The number of furan rings is 1. The Morgan fingerprint density at radius 1 is 0.885 bits per heavy atom. The van der Waals surface area contributed by atoms with E-state index in [0.717, 1.165) is 38.2 Å². The van der Waals surface area contributed by atoms with Gasteiger partial charge in [-0.15, -0.1) is 0 Å². The van der Waals surface area contributed by atoms with Crippen molar-refractivity contribution in [3.63, 3.8) is 0 Å². The topological polar surface area (TPSA) is 42.6 Å². The van der Waals surface area contributed by atoms with Crippen molar-refractivity contribution in [3.8, 4) is 0 Å². The van der Waals surface area contributed by atoms with Gasteiger partial charge in [0, 0.05) is 10.8 Å². The molecule has 0 unspecified atom stereocenters. The third-order valence-electron chi connectivity index (χ3n) is 5.35. The predicted molar refractivity (Wildman–Crippen MR) is 108 cm³/mol. The first-order valence-electron chi connectivity index (χ1n) is 8.84. The van der Waals surface area contributed by atoms with E-state index in [2.05, 4.69) is 24.3 Å². The molecule has 0 saturated heterocycles. The van der Waals surface area contributed by atoms with E-state index >= 15 is 0 Å². The second-order valence-electron chi connectivity index (χ2n) is 7.82. The number of hydrogen-bond donors (Lipinski definition) is 1. The molecule has 4 aromatic rings. The molecule has 3 aromatic carbocycles. The van der Waals surface area contributed by atoms with Gasteiger partial charge >= 0.3 is 7.48 Å². The van der Waals surface area contributed by atoms with E-state index in [1.54, 1.807) is 21.3 Å². The van der Waals surface area contributed by atoms with Gasteiger partial charge in [-0.3, -0.25) is 0 Å². The summed E-state index contributed by atoms with van der Waals surface area (Å²) < 4.78 is 11.9. The summed E-state index contributed by atoms with van der Waals surface area (Å²) in [7, 11) is 1.72. The number of para-hydroxylation sites is 1. The van der Waals surface area contributed by atoms with Crippen molar-refractivity contribution in [2.75, 3.05) is 0 Å². The molecule has 1 aromatic heterocycles. The van der Waals surface area contributed by atoms with Crippen molar-refractivity contribution in [1.29, 1.82) is 0 Å². The molecule has 26 heavy (non-hydrogen) atoms. The molecule has 0 aliphatic heterocycles. The second kappa shape index (κ2) is 5.87. The first-order valence-corrected chi connectivity index (χ1v) is 8.84. The summed E-state index contributed by atoms with van der Waals surface area (Å²) in [4.78, 5) is 0. The van der Waals surface area contributed by atoms with E-state index in [9.17, 15) is 5.11 Å². The van der Waals surface area contributed by atoms with Gasteiger partial charge in [0.1, 0.15) is 11.2 Å². The van der Waals surface area contributed by atoms with Crippen molar-refractivity contribution >= 4 is 45.7 Å². The Balaban J connectivity index is 1.80. The Bertz CT molecular complexity index is 1100. The zero-order valence-electron chi connectivity index (χ0n) is 15.5. The SMILES string of the molecule is CC(C)(O)C(C)(C)O[B]c1ccc2ccc3oc4ccccc4c3c2c1. The van der Waals surface area contributed by atoms with Crippen LogP contribution in [0.4, 0.5) is 0 Å². The average Bonchev–Trinajstić information content (AvgIpc) is 2.98. The van der Waals surface area contributed by atoms with E-state index in [4.69, 9.17) is 9.07 Å². The number of aliphatic hydroxyl groups is 1. The minimum Gasteiger partial charge on any atom is -0.456 e. The van der Waals surface area contributed by atoms with Crippen LogP contribution < -0.4 is 5.46 Å². The molecule has 0 atom stereocenters. The normalized spacial score (nSPS) is 13.0. The minimum atomic E-state index is -0.950. The van der Waals surface area contributed by atoms with Crippen LogP contribution in [0.25, 0.3) is 32.7 Å². The molecule has 0 aliphatic carbocycles. The smallest absolute Gasteiger partial charge is 0.330 e. The van der Waals surface area contributed by atoms with Crippen LogP contribution in [-0.4, -0.2) is 23.8 Å². The Kier molecular flexibility index (Phi) is 3.87. The van der Waals surface area contributed by atoms with Gasteiger partial charge in [0.05, 0.1) is 11.2 Å². The molecule has 0 spiro atoms. The Hall–Kier alpha value is -2.30. The fourth-order valence-electron chi connectivity index (χ4n) is 2.99. The summed E-state index contributed by atoms with van der Waals surface area (Å²) >= 11 is 0. The molecule has 131 valence electrons. The minimum absolute atomic E-state index is 0.698. The van der Waals surface area contributed by atoms with Crippen LogP contribution in [0.15, 0.2) is 59.0 Å². The fourth-order valence-corrected chi connectivity index (χ4v) is 2.99. The van der Waals surface area contributed by atoms with Crippen molar-refractivity contribution in [1.82, 2.24) is 0 Å². The van der Waals surface area contributed by atoms with Crippen LogP contribution in [-0.2, 0) is 4.65 Å².